The summed E-state index contributed by atoms with van der Waals surface area (Å²) < 4.78 is 5.08. The molecule has 0 spiro atoms. The molecule has 0 aromatic heterocycles. The summed E-state index contributed by atoms with van der Waals surface area (Å²) in [7, 11) is 1.54. The maximum absolute atomic E-state index is 12.1. The molecule has 120 valence electrons. The molecular formula is C19H16N2O3. The first-order valence-corrected chi connectivity index (χ1v) is 7.37. The number of phenols is 1. The van der Waals surface area contributed by atoms with E-state index < -0.39 is 0 Å². The minimum Gasteiger partial charge on any atom is -0.507 e. The van der Waals surface area contributed by atoms with Gasteiger partial charge in [0.05, 0.1) is 13.3 Å². The van der Waals surface area contributed by atoms with Crippen molar-refractivity contribution < 1.29 is 14.6 Å². The zero-order valence-electron chi connectivity index (χ0n) is 13.1. The number of amides is 1. The van der Waals surface area contributed by atoms with E-state index in [1.165, 1.54) is 13.3 Å². The number of fused-ring (bicyclic) bond motifs is 1. The fraction of sp³-hybridized carbons (Fsp3) is 0.0526. The molecule has 0 bridgehead atoms. The number of nitrogens with one attached hydrogen (secondary N) is 1. The number of aromatic hydroxyl groups is 1. The molecule has 3 rings (SSSR count). The number of methoxy groups -OCH3 is 1. The van der Waals surface area contributed by atoms with Crippen LogP contribution in [0.4, 0.5) is 0 Å². The first-order chi connectivity index (χ1) is 11.7. The van der Waals surface area contributed by atoms with Crippen LogP contribution >= 0.6 is 0 Å². The number of benzene rings is 3. The zero-order valence-corrected chi connectivity index (χ0v) is 13.1. The maximum Gasteiger partial charge on any atom is 0.271 e. The van der Waals surface area contributed by atoms with Crippen molar-refractivity contribution in [1.29, 1.82) is 0 Å². The third-order valence-corrected chi connectivity index (χ3v) is 3.63. The van der Waals surface area contributed by atoms with Gasteiger partial charge in [0.15, 0.2) is 0 Å². The Hall–Kier alpha value is -3.34. The average molecular weight is 320 g/mol. The number of nitrogens with zero attached hydrogens (tertiary/aromatic N) is 1. The molecule has 1 amide bonds. The second kappa shape index (κ2) is 6.83. The summed E-state index contributed by atoms with van der Waals surface area (Å²) in [4.78, 5) is 12.1. The van der Waals surface area contributed by atoms with E-state index >= 15 is 0 Å². The lowest BCUT2D eigenvalue weighted by Crippen LogP contribution is -2.17. The molecule has 0 saturated carbocycles. The van der Waals surface area contributed by atoms with Gasteiger partial charge in [-0.1, -0.05) is 36.4 Å². The van der Waals surface area contributed by atoms with Gasteiger partial charge in [-0.3, -0.25) is 4.79 Å². The second-order valence-electron chi connectivity index (χ2n) is 5.16. The summed E-state index contributed by atoms with van der Waals surface area (Å²) in [6, 6.07) is 17.9. The smallest absolute Gasteiger partial charge is 0.271 e. The molecule has 0 aliphatic heterocycles. The summed E-state index contributed by atoms with van der Waals surface area (Å²) in [5, 5.41) is 15.9. The Bertz CT molecular complexity index is 919. The molecule has 0 unspecified atom stereocenters. The Kier molecular flexibility index (Phi) is 4.43. The summed E-state index contributed by atoms with van der Waals surface area (Å²) >= 11 is 0. The largest absolute Gasteiger partial charge is 0.507 e. The van der Waals surface area contributed by atoms with Gasteiger partial charge in [0, 0.05) is 16.5 Å². The minimum absolute atomic E-state index is 0.132. The normalized spacial score (nSPS) is 10.9. The maximum atomic E-state index is 12.1. The van der Waals surface area contributed by atoms with E-state index in [0.717, 1.165) is 10.8 Å². The standard InChI is InChI=1S/C19H16N2O3/c1-24-16-7-4-6-14(11-16)19(23)21-20-12-15-10-9-13-5-2-3-8-17(13)18(15)22/h2-12,22H,1H3,(H,21,23). The highest BCUT2D eigenvalue weighted by atomic mass is 16.5. The van der Waals surface area contributed by atoms with Gasteiger partial charge in [0.25, 0.3) is 5.91 Å². The van der Waals surface area contributed by atoms with E-state index in [1.54, 1.807) is 30.3 Å². The van der Waals surface area contributed by atoms with E-state index in [4.69, 9.17) is 4.74 Å². The molecule has 0 radical (unpaired) electrons. The van der Waals surface area contributed by atoms with Crippen LogP contribution in [-0.2, 0) is 0 Å². The van der Waals surface area contributed by atoms with Crippen LogP contribution in [-0.4, -0.2) is 24.3 Å². The number of ether oxygens (including phenoxy) is 1. The lowest BCUT2D eigenvalue weighted by molar-refractivity contribution is 0.0954. The summed E-state index contributed by atoms with van der Waals surface area (Å²) in [6.07, 6.45) is 1.42. The lowest BCUT2D eigenvalue weighted by Gasteiger charge is -2.05. The van der Waals surface area contributed by atoms with Crippen LogP contribution in [0.2, 0.25) is 0 Å². The highest BCUT2D eigenvalue weighted by molar-refractivity contribution is 5.98. The van der Waals surface area contributed by atoms with Crippen LogP contribution in [0.25, 0.3) is 10.8 Å². The van der Waals surface area contributed by atoms with Crippen molar-refractivity contribution in [2.75, 3.05) is 7.11 Å². The summed E-state index contributed by atoms with van der Waals surface area (Å²) in [5.74, 6) is 0.372. The van der Waals surface area contributed by atoms with Crippen molar-refractivity contribution in [2.24, 2.45) is 5.10 Å². The fourth-order valence-corrected chi connectivity index (χ4v) is 2.37. The minimum atomic E-state index is -0.356. The van der Waals surface area contributed by atoms with Gasteiger partial charge < -0.3 is 9.84 Å². The number of rotatable bonds is 4. The van der Waals surface area contributed by atoms with Crippen LogP contribution in [0.5, 0.6) is 11.5 Å². The van der Waals surface area contributed by atoms with Crippen molar-refractivity contribution in [3.63, 3.8) is 0 Å². The molecule has 0 aliphatic carbocycles. The number of phenolic OH excluding ortho intramolecular Hbond substituents is 1. The molecule has 24 heavy (non-hydrogen) atoms. The first kappa shape index (κ1) is 15.6. The van der Waals surface area contributed by atoms with Crippen LogP contribution in [0.15, 0.2) is 65.8 Å². The van der Waals surface area contributed by atoms with Gasteiger partial charge in [-0.05, 0) is 29.7 Å². The molecule has 0 atom stereocenters. The highest BCUT2D eigenvalue weighted by Crippen LogP contribution is 2.27. The number of hydrogen-bond donors (Lipinski definition) is 2. The molecule has 5 nitrogen and oxygen atoms in total. The van der Waals surface area contributed by atoms with Gasteiger partial charge in [-0.25, -0.2) is 5.43 Å². The Labute approximate surface area is 139 Å². The van der Waals surface area contributed by atoms with Crippen molar-refractivity contribution in [3.05, 3.63) is 71.8 Å². The molecule has 0 fully saturated rings. The van der Waals surface area contributed by atoms with E-state index in [1.807, 2.05) is 30.3 Å². The van der Waals surface area contributed by atoms with Crippen molar-refractivity contribution in [3.8, 4) is 11.5 Å². The van der Waals surface area contributed by atoms with Gasteiger partial charge in [0.1, 0.15) is 11.5 Å². The van der Waals surface area contributed by atoms with Crippen molar-refractivity contribution in [2.45, 2.75) is 0 Å². The van der Waals surface area contributed by atoms with Crippen LogP contribution in [0.1, 0.15) is 15.9 Å². The van der Waals surface area contributed by atoms with Gasteiger partial charge in [-0.15, -0.1) is 0 Å². The van der Waals surface area contributed by atoms with E-state index in [-0.39, 0.29) is 11.7 Å². The lowest BCUT2D eigenvalue weighted by atomic mass is 10.1. The Morgan fingerprint density at radius 3 is 2.79 bits per heavy atom. The molecule has 0 aliphatic rings. The first-order valence-electron chi connectivity index (χ1n) is 7.37. The quantitative estimate of drug-likeness (QED) is 0.572. The monoisotopic (exact) mass is 320 g/mol. The van der Waals surface area contributed by atoms with Crippen LogP contribution in [0.3, 0.4) is 0 Å². The van der Waals surface area contributed by atoms with E-state index in [2.05, 4.69) is 10.5 Å². The predicted octanol–water partition coefficient (Wildman–Crippen LogP) is 3.32. The Morgan fingerprint density at radius 1 is 1.12 bits per heavy atom. The van der Waals surface area contributed by atoms with Crippen LogP contribution < -0.4 is 10.2 Å². The topological polar surface area (TPSA) is 70.9 Å². The number of hydrogen-bond acceptors (Lipinski definition) is 4. The van der Waals surface area contributed by atoms with E-state index in [9.17, 15) is 9.90 Å². The molecule has 3 aromatic rings. The zero-order chi connectivity index (χ0) is 16.9. The Balaban J connectivity index is 1.76. The summed E-state index contributed by atoms with van der Waals surface area (Å²) in [5.41, 5.74) is 3.40. The molecule has 0 saturated heterocycles. The highest BCUT2D eigenvalue weighted by Gasteiger charge is 2.06. The van der Waals surface area contributed by atoms with Gasteiger partial charge in [0.2, 0.25) is 0 Å². The number of carbonyl (C=O) groups excluding carboxylic acids is 1. The Morgan fingerprint density at radius 2 is 1.96 bits per heavy atom. The van der Waals surface area contributed by atoms with Crippen molar-refractivity contribution in [1.82, 2.24) is 5.43 Å². The molecule has 0 heterocycles. The van der Waals surface area contributed by atoms with Crippen molar-refractivity contribution >= 4 is 22.9 Å². The third kappa shape index (κ3) is 3.20. The average Bonchev–Trinajstić information content (AvgIpc) is 2.63. The molecule has 3 aromatic carbocycles. The third-order valence-electron chi connectivity index (χ3n) is 3.63. The van der Waals surface area contributed by atoms with Gasteiger partial charge in [-0.2, -0.15) is 5.10 Å². The fourth-order valence-electron chi connectivity index (χ4n) is 2.37. The summed E-state index contributed by atoms with van der Waals surface area (Å²) in [6.45, 7) is 0. The molecular weight excluding hydrogens is 304 g/mol. The number of carbonyl (C=O) groups is 1. The second-order valence-corrected chi connectivity index (χ2v) is 5.16. The SMILES string of the molecule is COc1cccc(C(=O)NN=Cc2ccc3ccccc3c2O)c1. The molecule has 2 N–H and O–H groups in total. The predicted molar refractivity (Wildman–Crippen MR) is 93.7 cm³/mol. The molecule has 5 heteroatoms. The van der Waals surface area contributed by atoms with E-state index in [0.29, 0.717) is 16.9 Å². The van der Waals surface area contributed by atoms with Crippen LogP contribution in [0, 0.1) is 0 Å². The van der Waals surface area contributed by atoms with Gasteiger partial charge >= 0.3 is 0 Å². The number of hydrazone groups is 1.